The van der Waals surface area contributed by atoms with E-state index in [2.05, 4.69) is 35.9 Å². The summed E-state index contributed by atoms with van der Waals surface area (Å²) >= 11 is 3.10. The van der Waals surface area contributed by atoms with E-state index in [4.69, 9.17) is 5.26 Å². The van der Waals surface area contributed by atoms with E-state index in [1.165, 1.54) is 22.2 Å². The SMILES string of the molecule is CSc1ccc(CCCSC#N)cc1. The second-order valence-electron chi connectivity index (χ2n) is 2.89. The molecule has 0 aliphatic carbocycles. The highest BCUT2D eigenvalue weighted by Gasteiger charge is 1.94. The van der Waals surface area contributed by atoms with Crippen molar-refractivity contribution in [2.75, 3.05) is 12.0 Å². The third kappa shape index (κ3) is 4.08. The second-order valence-corrected chi connectivity index (χ2v) is 4.65. The molecule has 1 nitrogen and oxygen atoms in total. The normalized spacial score (nSPS) is 9.71. The Labute approximate surface area is 93.9 Å². The van der Waals surface area contributed by atoms with Crippen LogP contribution in [0.5, 0.6) is 0 Å². The van der Waals surface area contributed by atoms with Crippen LogP contribution in [0.15, 0.2) is 29.2 Å². The van der Waals surface area contributed by atoms with Crippen LogP contribution in [0.1, 0.15) is 12.0 Å². The van der Waals surface area contributed by atoms with Crippen molar-refractivity contribution in [3.63, 3.8) is 0 Å². The summed E-state index contributed by atoms with van der Waals surface area (Å²) in [5, 5.41) is 10.4. The Morgan fingerprint density at radius 3 is 2.57 bits per heavy atom. The van der Waals surface area contributed by atoms with E-state index >= 15 is 0 Å². The summed E-state index contributed by atoms with van der Waals surface area (Å²) < 4.78 is 0. The molecular weight excluding hydrogens is 210 g/mol. The Kier molecular flexibility index (Phi) is 5.58. The van der Waals surface area contributed by atoms with E-state index in [1.54, 1.807) is 11.8 Å². The molecule has 0 unspecified atom stereocenters. The number of benzene rings is 1. The Balaban J connectivity index is 2.33. The first-order chi connectivity index (χ1) is 6.86. The second kappa shape index (κ2) is 6.80. The lowest BCUT2D eigenvalue weighted by atomic mass is 10.1. The van der Waals surface area contributed by atoms with Crippen molar-refractivity contribution in [3.05, 3.63) is 29.8 Å². The molecule has 0 saturated carbocycles. The molecule has 74 valence electrons. The lowest BCUT2D eigenvalue weighted by Crippen LogP contribution is -1.86. The van der Waals surface area contributed by atoms with Crippen molar-refractivity contribution in [1.29, 1.82) is 5.26 Å². The number of nitrogens with zero attached hydrogens (tertiary/aromatic N) is 1. The lowest BCUT2D eigenvalue weighted by Gasteiger charge is -2.00. The molecule has 0 saturated heterocycles. The van der Waals surface area contributed by atoms with Crippen molar-refractivity contribution in [2.24, 2.45) is 0 Å². The van der Waals surface area contributed by atoms with Gasteiger partial charge in [-0.3, -0.25) is 0 Å². The predicted molar refractivity (Wildman–Crippen MR) is 64.6 cm³/mol. The van der Waals surface area contributed by atoms with Gasteiger partial charge in [-0.25, -0.2) is 0 Å². The van der Waals surface area contributed by atoms with Crippen LogP contribution >= 0.6 is 23.5 Å². The molecule has 0 bridgehead atoms. The maximum atomic E-state index is 8.34. The fourth-order valence-corrected chi connectivity index (χ4v) is 1.97. The summed E-state index contributed by atoms with van der Waals surface area (Å²) in [6.45, 7) is 0. The van der Waals surface area contributed by atoms with Gasteiger partial charge in [-0.05, 0) is 48.6 Å². The van der Waals surface area contributed by atoms with Gasteiger partial charge in [0.25, 0.3) is 0 Å². The van der Waals surface area contributed by atoms with Gasteiger partial charge in [0.15, 0.2) is 0 Å². The summed E-state index contributed by atoms with van der Waals surface area (Å²) in [6.07, 6.45) is 4.23. The van der Waals surface area contributed by atoms with Gasteiger partial charge < -0.3 is 0 Å². The Morgan fingerprint density at radius 1 is 1.29 bits per heavy atom. The Hall–Kier alpha value is -0.590. The first kappa shape index (κ1) is 11.5. The maximum Gasteiger partial charge on any atom is 0.133 e. The van der Waals surface area contributed by atoms with E-state index in [0.717, 1.165) is 18.6 Å². The van der Waals surface area contributed by atoms with Crippen LogP contribution in [0.2, 0.25) is 0 Å². The van der Waals surface area contributed by atoms with Gasteiger partial charge in [-0.2, -0.15) is 5.26 Å². The van der Waals surface area contributed by atoms with Crippen LogP contribution in [0, 0.1) is 10.7 Å². The average Bonchev–Trinajstić information content (AvgIpc) is 2.25. The van der Waals surface area contributed by atoms with Crippen LogP contribution in [-0.2, 0) is 6.42 Å². The van der Waals surface area contributed by atoms with E-state index < -0.39 is 0 Å². The molecule has 0 fully saturated rings. The van der Waals surface area contributed by atoms with Gasteiger partial charge in [0, 0.05) is 10.6 Å². The number of nitriles is 1. The Bertz CT molecular complexity index is 300. The van der Waals surface area contributed by atoms with Crippen LogP contribution in [0.3, 0.4) is 0 Å². The van der Waals surface area contributed by atoms with Gasteiger partial charge in [0.1, 0.15) is 5.40 Å². The molecule has 14 heavy (non-hydrogen) atoms. The zero-order valence-electron chi connectivity index (χ0n) is 8.19. The zero-order chi connectivity index (χ0) is 10.2. The molecular formula is C11H13NS2. The molecule has 0 N–H and O–H groups in total. The summed E-state index contributed by atoms with van der Waals surface area (Å²) in [7, 11) is 0. The molecule has 0 aromatic heterocycles. The highest BCUT2D eigenvalue weighted by molar-refractivity contribution is 8.03. The standard InChI is InChI=1S/C11H13NS2/c1-13-11-6-4-10(5-7-11)3-2-8-14-9-12/h4-7H,2-3,8H2,1H3. The largest absolute Gasteiger partial charge is 0.185 e. The molecule has 0 heterocycles. The van der Waals surface area contributed by atoms with Crippen LogP contribution < -0.4 is 0 Å². The monoisotopic (exact) mass is 223 g/mol. The number of aryl methyl sites for hydroxylation is 1. The molecule has 1 rings (SSSR count). The van der Waals surface area contributed by atoms with Crippen molar-refractivity contribution in [1.82, 2.24) is 0 Å². The van der Waals surface area contributed by atoms with E-state index in [9.17, 15) is 0 Å². The molecule has 0 atom stereocenters. The first-order valence-electron chi connectivity index (χ1n) is 4.50. The fraction of sp³-hybridized carbons (Fsp3) is 0.364. The van der Waals surface area contributed by atoms with E-state index in [-0.39, 0.29) is 0 Å². The predicted octanol–water partition coefficient (Wildman–Crippen LogP) is 3.56. The summed E-state index contributed by atoms with van der Waals surface area (Å²) in [4.78, 5) is 1.31. The van der Waals surface area contributed by atoms with Crippen LogP contribution in [0.4, 0.5) is 0 Å². The maximum absolute atomic E-state index is 8.34. The number of hydrogen-bond donors (Lipinski definition) is 0. The number of thiocyanates is 1. The summed E-state index contributed by atoms with van der Waals surface area (Å²) in [6, 6.07) is 8.64. The van der Waals surface area contributed by atoms with Crippen LogP contribution in [-0.4, -0.2) is 12.0 Å². The molecule has 0 aliphatic rings. The summed E-state index contributed by atoms with van der Waals surface area (Å²) in [5.74, 6) is 0.931. The molecule has 1 aromatic rings. The number of rotatable bonds is 5. The van der Waals surface area contributed by atoms with Crippen molar-refractivity contribution in [2.45, 2.75) is 17.7 Å². The molecule has 3 heteroatoms. The van der Waals surface area contributed by atoms with Crippen molar-refractivity contribution in [3.8, 4) is 5.40 Å². The minimum atomic E-state index is 0.931. The minimum absolute atomic E-state index is 0.931. The third-order valence-corrected chi connectivity index (χ3v) is 3.30. The number of thioether (sulfide) groups is 2. The van der Waals surface area contributed by atoms with Gasteiger partial charge in [0.2, 0.25) is 0 Å². The smallest absolute Gasteiger partial charge is 0.133 e. The highest BCUT2D eigenvalue weighted by atomic mass is 32.2. The van der Waals surface area contributed by atoms with Gasteiger partial charge >= 0.3 is 0 Å². The highest BCUT2D eigenvalue weighted by Crippen LogP contribution is 2.16. The molecule has 0 radical (unpaired) electrons. The van der Waals surface area contributed by atoms with Crippen molar-refractivity contribution >= 4 is 23.5 Å². The third-order valence-electron chi connectivity index (χ3n) is 1.94. The topological polar surface area (TPSA) is 23.8 Å². The zero-order valence-corrected chi connectivity index (χ0v) is 9.83. The Morgan fingerprint density at radius 2 is 2.00 bits per heavy atom. The molecule has 0 aliphatic heterocycles. The van der Waals surface area contributed by atoms with Crippen molar-refractivity contribution < 1.29 is 0 Å². The quantitative estimate of drug-likeness (QED) is 0.433. The number of hydrogen-bond acceptors (Lipinski definition) is 3. The van der Waals surface area contributed by atoms with Gasteiger partial charge in [0.05, 0.1) is 0 Å². The lowest BCUT2D eigenvalue weighted by molar-refractivity contribution is 0.933. The average molecular weight is 223 g/mol. The molecule has 0 amide bonds. The van der Waals surface area contributed by atoms with Gasteiger partial charge in [-0.15, -0.1) is 11.8 Å². The van der Waals surface area contributed by atoms with E-state index in [0.29, 0.717) is 0 Å². The minimum Gasteiger partial charge on any atom is -0.185 e. The summed E-state index contributed by atoms with van der Waals surface area (Å²) in [5.41, 5.74) is 1.36. The van der Waals surface area contributed by atoms with Crippen LogP contribution in [0.25, 0.3) is 0 Å². The van der Waals surface area contributed by atoms with E-state index in [1.807, 2.05) is 0 Å². The molecule has 1 aromatic carbocycles. The first-order valence-corrected chi connectivity index (χ1v) is 6.71. The molecule has 0 spiro atoms. The fourth-order valence-electron chi connectivity index (χ4n) is 1.19. The van der Waals surface area contributed by atoms with Gasteiger partial charge in [-0.1, -0.05) is 12.1 Å².